The molecule has 1 amide bonds. The highest BCUT2D eigenvalue weighted by Crippen LogP contribution is 2.32. The largest absolute Gasteiger partial charge is 0.478 e. The summed E-state index contributed by atoms with van der Waals surface area (Å²) in [7, 11) is 0. The van der Waals surface area contributed by atoms with E-state index in [0.717, 1.165) is 4.88 Å². The molecular formula is C13H12N2O3S. The van der Waals surface area contributed by atoms with Crippen LogP contribution in [0, 0.1) is 13.8 Å². The molecule has 2 N–H and O–H groups in total. The minimum absolute atomic E-state index is 0.157. The highest BCUT2D eigenvalue weighted by molar-refractivity contribution is 7.16. The van der Waals surface area contributed by atoms with E-state index in [4.69, 9.17) is 0 Å². The molecule has 0 bridgehead atoms. The van der Waals surface area contributed by atoms with Gasteiger partial charge in [-0.15, -0.1) is 11.3 Å². The summed E-state index contributed by atoms with van der Waals surface area (Å²) in [4.78, 5) is 27.9. The van der Waals surface area contributed by atoms with Gasteiger partial charge in [0, 0.05) is 22.8 Å². The topological polar surface area (TPSA) is 79.3 Å². The van der Waals surface area contributed by atoms with Crippen LogP contribution in [0.5, 0.6) is 0 Å². The van der Waals surface area contributed by atoms with Crippen LogP contribution in [0.3, 0.4) is 0 Å². The van der Waals surface area contributed by atoms with Crippen LogP contribution >= 0.6 is 11.3 Å². The summed E-state index contributed by atoms with van der Waals surface area (Å²) >= 11 is 1.26. The third-order valence-electron chi connectivity index (χ3n) is 2.77. The SMILES string of the molecule is Cc1sc(NC(=O)c2ccncc2)c(C(=O)O)c1C. The van der Waals surface area contributed by atoms with Crippen LogP contribution < -0.4 is 5.32 Å². The molecule has 0 aliphatic carbocycles. The van der Waals surface area contributed by atoms with Crippen molar-refractivity contribution in [3.05, 3.63) is 46.1 Å². The highest BCUT2D eigenvalue weighted by Gasteiger charge is 2.20. The number of carbonyl (C=O) groups is 2. The molecule has 0 aliphatic rings. The van der Waals surface area contributed by atoms with Gasteiger partial charge < -0.3 is 10.4 Å². The van der Waals surface area contributed by atoms with Crippen molar-refractivity contribution < 1.29 is 14.7 Å². The minimum Gasteiger partial charge on any atom is -0.478 e. The molecule has 0 atom stereocenters. The van der Waals surface area contributed by atoms with Crippen LogP contribution in [0.25, 0.3) is 0 Å². The van der Waals surface area contributed by atoms with E-state index in [9.17, 15) is 14.7 Å². The highest BCUT2D eigenvalue weighted by atomic mass is 32.1. The summed E-state index contributed by atoms with van der Waals surface area (Å²) in [5.74, 6) is -1.38. The molecule has 98 valence electrons. The minimum atomic E-state index is -1.04. The van der Waals surface area contributed by atoms with Crippen LogP contribution in [0.4, 0.5) is 5.00 Å². The van der Waals surface area contributed by atoms with Crippen molar-refractivity contribution in [1.29, 1.82) is 0 Å². The van der Waals surface area contributed by atoms with Gasteiger partial charge in [-0.3, -0.25) is 9.78 Å². The summed E-state index contributed by atoms with van der Waals surface area (Å²) in [5, 5.41) is 12.2. The fourth-order valence-corrected chi connectivity index (χ4v) is 2.70. The number of rotatable bonds is 3. The molecule has 2 aromatic heterocycles. The van der Waals surface area contributed by atoms with Crippen molar-refractivity contribution in [3.8, 4) is 0 Å². The Labute approximate surface area is 113 Å². The Kier molecular flexibility index (Phi) is 3.62. The van der Waals surface area contributed by atoms with E-state index in [2.05, 4.69) is 10.3 Å². The maximum Gasteiger partial charge on any atom is 0.338 e. The lowest BCUT2D eigenvalue weighted by Gasteiger charge is -2.04. The number of anilines is 1. The van der Waals surface area contributed by atoms with E-state index >= 15 is 0 Å². The summed E-state index contributed by atoms with van der Waals surface area (Å²) in [6, 6.07) is 3.15. The van der Waals surface area contributed by atoms with Crippen LogP contribution in [0.2, 0.25) is 0 Å². The maximum atomic E-state index is 12.0. The number of nitrogens with one attached hydrogen (secondary N) is 1. The van der Waals surface area contributed by atoms with Crippen molar-refractivity contribution >= 4 is 28.2 Å². The second-order valence-electron chi connectivity index (χ2n) is 3.98. The Morgan fingerprint density at radius 3 is 2.47 bits per heavy atom. The van der Waals surface area contributed by atoms with E-state index < -0.39 is 5.97 Å². The first-order chi connectivity index (χ1) is 9.00. The van der Waals surface area contributed by atoms with E-state index in [0.29, 0.717) is 16.1 Å². The van der Waals surface area contributed by atoms with Crippen LogP contribution in [0.15, 0.2) is 24.5 Å². The standard InChI is InChI=1S/C13H12N2O3S/c1-7-8(2)19-12(10(7)13(17)18)15-11(16)9-3-5-14-6-4-9/h3-6H,1-2H3,(H,15,16)(H,17,18). The molecule has 0 spiro atoms. The smallest absolute Gasteiger partial charge is 0.338 e. The molecule has 5 nitrogen and oxygen atoms in total. The Hall–Kier alpha value is -2.21. The summed E-state index contributed by atoms with van der Waals surface area (Å²) in [6.07, 6.45) is 3.02. The van der Waals surface area contributed by atoms with Gasteiger partial charge >= 0.3 is 5.97 Å². The summed E-state index contributed by atoms with van der Waals surface area (Å²) in [6.45, 7) is 3.56. The predicted molar refractivity (Wildman–Crippen MR) is 72.9 cm³/mol. The molecule has 6 heteroatoms. The van der Waals surface area contributed by atoms with Crippen LogP contribution in [-0.4, -0.2) is 22.0 Å². The van der Waals surface area contributed by atoms with Crippen molar-refractivity contribution in [1.82, 2.24) is 4.98 Å². The first-order valence-corrected chi connectivity index (χ1v) is 6.37. The van der Waals surface area contributed by atoms with Gasteiger partial charge in [0.25, 0.3) is 5.91 Å². The van der Waals surface area contributed by atoms with Gasteiger partial charge in [-0.25, -0.2) is 4.79 Å². The molecule has 0 aromatic carbocycles. The number of hydrogen-bond acceptors (Lipinski definition) is 4. The number of amides is 1. The van der Waals surface area contributed by atoms with Crippen LogP contribution in [-0.2, 0) is 0 Å². The normalized spacial score (nSPS) is 10.2. The molecule has 0 saturated heterocycles. The van der Waals surface area contributed by atoms with Gasteiger partial charge in [0.15, 0.2) is 0 Å². The van der Waals surface area contributed by atoms with Gasteiger partial charge in [-0.2, -0.15) is 0 Å². The van der Waals surface area contributed by atoms with Crippen molar-refractivity contribution in [2.24, 2.45) is 0 Å². The number of hydrogen-bond donors (Lipinski definition) is 2. The van der Waals surface area contributed by atoms with Crippen molar-refractivity contribution in [2.45, 2.75) is 13.8 Å². The number of carboxylic acid groups (broad SMARTS) is 1. The number of aromatic carboxylic acids is 1. The third kappa shape index (κ3) is 2.63. The van der Waals surface area contributed by atoms with E-state index in [-0.39, 0.29) is 11.5 Å². The second kappa shape index (κ2) is 5.19. The number of carboxylic acids is 1. The Morgan fingerprint density at radius 2 is 1.89 bits per heavy atom. The maximum absolute atomic E-state index is 12.0. The van der Waals surface area contributed by atoms with Gasteiger partial charge in [0.2, 0.25) is 0 Å². The van der Waals surface area contributed by atoms with E-state index in [1.165, 1.54) is 23.7 Å². The molecule has 19 heavy (non-hydrogen) atoms. The number of thiophene rings is 1. The first kappa shape index (κ1) is 13.2. The van der Waals surface area contributed by atoms with Gasteiger partial charge in [0.1, 0.15) is 5.00 Å². The lowest BCUT2D eigenvalue weighted by molar-refractivity contribution is 0.0697. The molecule has 0 aliphatic heterocycles. The monoisotopic (exact) mass is 276 g/mol. The first-order valence-electron chi connectivity index (χ1n) is 5.55. The zero-order chi connectivity index (χ0) is 14.0. The number of aromatic nitrogens is 1. The predicted octanol–water partition coefficient (Wildman–Crippen LogP) is 2.71. The Morgan fingerprint density at radius 1 is 1.26 bits per heavy atom. The zero-order valence-corrected chi connectivity index (χ0v) is 11.2. The van der Waals surface area contributed by atoms with Gasteiger partial charge in [-0.1, -0.05) is 0 Å². The van der Waals surface area contributed by atoms with Crippen molar-refractivity contribution in [2.75, 3.05) is 5.32 Å². The molecule has 0 fully saturated rings. The molecule has 2 heterocycles. The second-order valence-corrected chi connectivity index (χ2v) is 5.21. The molecule has 0 unspecified atom stereocenters. The third-order valence-corrected chi connectivity index (χ3v) is 3.89. The number of pyridine rings is 1. The average molecular weight is 276 g/mol. The molecule has 0 saturated carbocycles. The van der Waals surface area contributed by atoms with Gasteiger partial charge in [0.05, 0.1) is 5.56 Å². The van der Waals surface area contributed by atoms with Crippen LogP contribution in [0.1, 0.15) is 31.2 Å². The molecule has 0 radical (unpaired) electrons. The Balaban J connectivity index is 2.32. The molecular weight excluding hydrogens is 264 g/mol. The van der Waals surface area contributed by atoms with Crippen molar-refractivity contribution in [3.63, 3.8) is 0 Å². The quantitative estimate of drug-likeness (QED) is 0.903. The molecule has 2 aromatic rings. The lowest BCUT2D eigenvalue weighted by Crippen LogP contribution is -2.13. The van der Waals surface area contributed by atoms with Gasteiger partial charge in [-0.05, 0) is 31.5 Å². The fourth-order valence-electron chi connectivity index (χ4n) is 1.65. The summed E-state index contributed by atoms with van der Waals surface area (Å²) < 4.78 is 0. The lowest BCUT2D eigenvalue weighted by atomic mass is 10.1. The van der Waals surface area contributed by atoms with E-state index in [1.54, 1.807) is 19.1 Å². The Bertz CT molecular complexity index is 635. The number of carbonyl (C=O) groups excluding carboxylic acids is 1. The van der Waals surface area contributed by atoms with E-state index in [1.807, 2.05) is 6.92 Å². The fraction of sp³-hybridized carbons (Fsp3) is 0.154. The zero-order valence-electron chi connectivity index (χ0n) is 10.4. The average Bonchev–Trinajstić information content (AvgIpc) is 2.65. The number of aryl methyl sites for hydroxylation is 1. The number of nitrogens with zero attached hydrogens (tertiary/aromatic N) is 1. The summed E-state index contributed by atoms with van der Waals surface area (Å²) in [5.41, 5.74) is 1.28. The molecule has 2 rings (SSSR count).